The number of anilines is 1. The molecule has 0 aromatic heterocycles. The van der Waals surface area contributed by atoms with E-state index < -0.39 is 5.66 Å². The highest BCUT2D eigenvalue weighted by Crippen LogP contribution is 2.39. The van der Waals surface area contributed by atoms with E-state index in [4.69, 9.17) is 16.5 Å². The van der Waals surface area contributed by atoms with Crippen molar-refractivity contribution in [3.63, 3.8) is 0 Å². The zero-order chi connectivity index (χ0) is 18.1. The number of carbonyl (C=O) groups excluding carboxylic acids is 1. The van der Waals surface area contributed by atoms with Gasteiger partial charge in [0.1, 0.15) is 5.66 Å². The first kappa shape index (κ1) is 16.9. The molecule has 3 aliphatic rings. The van der Waals surface area contributed by atoms with Gasteiger partial charge in [0.25, 0.3) is 5.91 Å². The van der Waals surface area contributed by atoms with Gasteiger partial charge in [-0.2, -0.15) is 4.99 Å². The van der Waals surface area contributed by atoms with E-state index in [0.29, 0.717) is 11.5 Å². The van der Waals surface area contributed by atoms with Gasteiger partial charge in [0, 0.05) is 24.3 Å². The van der Waals surface area contributed by atoms with E-state index in [0.717, 1.165) is 57.3 Å². The summed E-state index contributed by atoms with van der Waals surface area (Å²) >= 11 is 0. The summed E-state index contributed by atoms with van der Waals surface area (Å²) in [5.74, 6) is 0.674. The van der Waals surface area contributed by atoms with Crippen LogP contribution in [0.5, 0.6) is 0 Å². The molecule has 138 valence electrons. The second-order valence-corrected chi connectivity index (χ2v) is 7.37. The van der Waals surface area contributed by atoms with Gasteiger partial charge in [-0.1, -0.05) is 12.5 Å². The average Bonchev–Trinajstić information content (AvgIpc) is 3.16. The van der Waals surface area contributed by atoms with Crippen LogP contribution in [0.1, 0.15) is 55.3 Å². The number of guanidine groups is 2. The monoisotopic (exact) mass is 354 g/mol. The smallest absolute Gasteiger partial charge is 0.253 e. The molecule has 1 amide bonds. The Labute approximate surface area is 153 Å². The molecule has 2 heterocycles. The summed E-state index contributed by atoms with van der Waals surface area (Å²) in [5, 5.41) is 0. The number of hydrogen-bond acceptors (Lipinski definition) is 6. The van der Waals surface area contributed by atoms with Crippen molar-refractivity contribution >= 4 is 23.5 Å². The molecule has 7 heteroatoms. The third kappa shape index (κ3) is 2.91. The van der Waals surface area contributed by atoms with E-state index in [1.165, 1.54) is 6.42 Å². The Morgan fingerprint density at radius 2 is 1.77 bits per heavy atom. The summed E-state index contributed by atoms with van der Waals surface area (Å²) in [6, 6.07) is 7.66. The lowest BCUT2D eigenvalue weighted by Gasteiger charge is -2.45. The fraction of sp³-hybridized carbons (Fsp3) is 0.526. The van der Waals surface area contributed by atoms with Crippen LogP contribution in [0.2, 0.25) is 0 Å². The van der Waals surface area contributed by atoms with Gasteiger partial charge in [0.05, 0.1) is 0 Å². The Morgan fingerprint density at radius 1 is 1.04 bits per heavy atom. The maximum atomic E-state index is 12.8. The molecule has 7 nitrogen and oxygen atoms in total. The van der Waals surface area contributed by atoms with Crippen molar-refractivity contribution in [2.75, 3.05) is 18.0 Å². The molecule has 0 atom stereocenters. The van der Waals surface area contributed by atoms with E-state index in [1.54, 1.807) is 0 Å². The number of rotatable bonds is 2. The molecule has 0 bridgehead atoms. The fourth-order valence-electron chi connectivity index (χ4n) is 4.38. The van der Waals surface area contributed by atoms with Crippen LogP contribution in [-0.2, 0) is 0 Å². The molecule has 1 aliphatic carbocycles. The van der Waals surface area contributed by atoms with E-state index in [-0.39, 0.29) is 11.9 Å². The highest BCUT2D eigenvalue weighted by Gasteiger charge is 2.42. The molecule has 2 aliphatic heterocycles. The Kier molecular flexibility index (Phi) is 4.30. The molecule has 4 N–H and O–H groups in total. The Morgan fingerprint density at radius 3 is 2.50 bits per heavy atom. The van der Waals surface area contributed by atoms with Crippen molar-refractivity contribution in [3.05, 3.63) is 29.8 Å². The predicted molar refractivity (Wildman–Crippen MR) is 103 cm³/mol. The summed E-state index contributed by atoms with van der Waals surface area (Å²) in [6.07, 6.45) is 7.26. The number of amides is 1. The number of nitrogens with two attached hydrogens (primary N) is 2. The van der Waals surface area contributed by atoms with Gasteiger partial charge >= 0.3 is 0 Å². The maximum Gasteiger partial charge on any atom is 0.253 e. The third-order valence-corrected chi connectivity index (χ3v) is 5.60. The van der Waals surface area contributed by atoms with Crippen LogP contribution >= 0.6 is 0 Å². The largest absolute Gasteiger partial charge is 0.369 e. The lowest BCUT2D eigenvalue weighted by Crippen LogP contribution is -2.58. The summed E-state index contributed by atoms with van der Waals surface area (Å²) in [4.78, 5) is 25.6. The van der Waals surface area contributed by atoms with E-state index in [2.05, 4.69) is 4.99 Å². The third-order valence-electron chi connectivity index (χ3n) is 5.60. The Balaban J connectivity index is 1.70. The van der Waals surface area contributed by atoms with Gasteiger partial charge in [-0.05, 0) is 56.7 Å². The minimum Gasteiger partial charge on any atom is -0.369 e. The molecular weight excluding hydrogens is 328 g/mol. The predicted octanol–water partition coefficient (Wildman–Crippen LogP) is 2.03. The molecular formula is C19H26N6O. The first-order valence-corrected chi connectivity index (χ1v) is 9.48. The zero-order valence-corrected chi connectivity index (χ0v) is 15.0. The maximum absolute atomic E-state index is 12.8. The van der Waals surface area contributed by atoms with Gasteiger partial charge < -0.3 is 16.4 Å². The van der Waals surface area contributed by atoms with Crippen LogP contribution in [0.25, 0.3) is 0 Å². The highest BCUT2D eigenvalue weighted by atomic mass is 16.2. The number of carbonyl (C=O) groups is 1. The van der Waals surface area contributed by atoms with Crippen LogP contribution in [-0.4, -0.2) is 41.5 Å². The fourth-order valence-corrected chi connectivity index (χ4v) is 4.38. The number of aliphatic imine (C=N–C) groups is 2. The number of likely N-dealkylation sites (tertiary alicyclic amines) is 1. The minimum absolute atomic E-state index is 0.0811. The Hall–Kier alpha value is -2.57. The summed E-state index contributed by atoms with van der Waals surface area (Å²) in [6.45, 7) is 1.67. The second-order valence-electron chi connectivity index (χ2n) is 7.37. The molecule has 0 unspecified atom stereocenters. The summed E-state index contributed by atoms with van der Waals surface area (Å²) in [7, 11) is 0. The van der Waals surface area contributed by atoms with Crippen molar-refractivity contribution in [1.82, 2.24) is 4.90 Å². The second kappa shape index (κ2) is 6.63. The molecule has 1 spiro atoms. The molecule has 0 radical (unpaired) electrons. The lowest BCUT2D eigenvalue weighted by molar-refractivity contribution is 0.0793. The SMILES string of the molecule is NC1=NC2(CCCCC2)N(c2cccc(C(=O)N3CCCC3)c2)C(N)=N1. The standard InChI is InChI=1S/C19H26N6O/c20-17-22-18(21)25(19(23-17)9-2-1-3-10-19)15-8-6-7-14(13-15)16(26)24-11-4-5-12-24/h6-8,13H,1-5,9-12H2,(H4,20,21,22,23). The number of benzene rings is 1. The molecule has 26 heavy (non-hydrogen) atoms. The van der Waals surface area contributed by atoms with E-state index >= 15 is 0 Å². The number of nitrogens with zero attached hydrogens (tertiary/aromatic N) is 4. The van der Waals surface area contributed by atoms with E-state index in [1.807, 2.05) is 34.1 Å². The highest BCUT2D eigenvalue weighted by molar-refractivity contribution is 6.06. The first-order chi connectivity index (χ1) is 12.6. The molecule has 2 fully saturated rings. The topological polar surface area (TPSA) is 100 Å². The van der Waals surface area contributed by atoms with Crippen molar-refractivity contribution in [2.24, 2.45) is 21.5 Å². The van der Waals surface area contributed by atoms with Crippen molar-refractivity contribution in [1.29, 1.82) is 0 Å². The van der Waals surface area contributed by atoms with Crippen LogP contribution in [0.15, 0.2) is 34.3 Å². The van der Waals surface area contributed by atoms with Gasteiger partial charge in [0.2, 0.25) is 11.9 Å². The van der Waals surface area contributed by atoms with Crippen LogP contribution in [0, 0.1) is 0 Å². The van der Waals surface area contributed by atoms with E-state index in [9.17, 15) is 4.79 Å². The van der Waals surface area contributed by atoms with Crippen molar-refractivity contribution < 1.29 is 4.79 Å². The van der Waals surface area contributed by atoms with Crippen molar-refractivity contribution in [3.8, 4) is 0 Å². The molecule has 1 aromatic rings. The molecule has 1 saturated heterocycles. The quantitative estimate of drug-likeness (QED) is 0.848. The van der Waals surface area contributed by atoms with Gasteiger partial charge in [-0.3, -0.25) is 9.69 Å². The van der Waals surface area contributed by atoms with Crippen LogP contribution < -0.4 is 16.4 Å². The van der Waals surface area contributed by atoms with Gasteiger partial charge in [-0.15, -0.1) is 0 Å². The average molecular weight is 354 g/mol. The lowest BCUT2D eigenvalue weighted by atomic mass is 9.87. The number of hydrogen-bond donors (Lipinski definition) is 2. The van der Waals surface area contributed by atoms with Crippen LogP contribution in [0.4, 0.5) is 5.69 Å². The summed E-state index contributed by atoms with van der Waals surface area (Å²) < 4.78 is 0. The summed E-state index contributed by atoms with van der Waals surface area (Å²) in [5.41, 5.74) is 13.3. The molecule has 4 rings (SSSR count). The van der Waals surface area contributed by atoms with Gasteiger partial charge in [-0.25, -0.2) is 4.99 Å². The van der Waals surface area contributed by atoms with Gasteiger partial charge in [0.15, 0.2) is 0 Å². The minimum atomic E-state index is -0.483. The zero-order valence-electron chi connectivity index (χ0n) is 15.0. The van der Waals surface area contributed by atoms with Crippen molar-refractivity contribution in [2.45, 2.75) is 50.6 Å². The normalized spacial score (nSPS) is 22.3. The first-order valence-electron chi connectivity index (χ1n) is 9.48. The molecule has 1 saturated carbocycles. The molecule has 1 aromatic carbocycles. The Bertz CT molecular complexity index is 759. The van der Waals surface area contributed by atoms with Crippen LogP contribution in [0.3, 0.4) is 0 Å².